The fourth-order valence-corrected chi connectivity index (χ4v) is 1.63. The molecule has 2 nitrogen and oxygen atoms in total. The molecule has 1 aromatic rings. The van der Waals surface area contributed by atoms with Crippen molar-refractivity contribution >= 4 is 11.9 Å². The molecule has 72 valence electrons. The van der Waals surface area contributed by atoms with E-state index in [1.165, 1.54) is 0 Å². The quantitative estimate of drug-likeness (QED) is 0.675. The Kier molecular flexibility index (Phi) is 2.12. The molecular weight excluding hydrogens is 176 g/mol. The van der Waals surface area contributed by atoms with Gasteiger partial charge in [0.1, 0.15) is 5.75 Å². The van der Waals surface area contributed by atoms with Crippen LogP contribution in [0.5, 0.6) is 5.75 Å². The average Bonchev–Trinajstić information content (AvgIpc) is 2.19. The Morgan fingerprint density at radius 2 is 2.14 bits per heavy atom. The van der Waals surface area contributed by atoms with Crippen molar-refractivity contribution in [3.63, 3.8) is 0 Å². The molecule has 0 heterocycles. The van der Waals surface area contributed by atoms with Gasteiger partial charge in [-0.1, -0.05) is 6.07 Å². The molecule has 2 rings (SSSR count). The number of allylic oxidation sites excluding steroid dienone is 1. The van der Waals surface area contributed by atoms with Gasteiger partial charge in [-0.25, -0.2) is 0 Å². The number of carbonyl (C=O) groups is 1. The second-order valence-corrected chi connectivity index (χ2v) is 3.49. The lowest BCUT2D eigenvalue weighted by Gasteiger charge is -2.13. The Labute approximate surface area is 83.2 Å². The standard InChI is InChI=1S/C12H12O2/c1-8-5-9-3-4-11(14-2)6-10(9)7-12(8)13/h3-6H,7H2,1-2H3. The summed E-state index contributed by atoms with van der Waals surface area (Å²) in [6, 6.07) is 5.83. The van der Waals surface area contributed by atoms with Gasteiger partial charge in [0, 0.05) is 6.42 Å². The summed E-state index contributed by atoms with van der Waals surface area (Å²) in [7, 11) is 1.63. The molecule has 0 radical (unpaired) electrons. The summed E-state index contributed by atoms with van der Waals surface area (Å²) < 4.78 is 5.11. The second kappa shape index (κ2) is 3.29. The lowest BCUT2D eigenvalue weighted by atomic mass is 9.92. The normalized spacial score (nSPS) is 14.7. The van der Waals surface area contributed by atoms with E-state index in [4.69, 9.17) is 4.74 Å². The average molecular weight is 188 g/mol. The smallest absolute Gasteiger partial charge is 0.162 e. The van der Waals surface area contributed by atoms with Crippen LogP contribution in [-0.4, -0.2) is 12.9 Å². The third-order valence-corrected chi connectivity index (χ3v) is 2.51. The largest absolute Gasteiger partial charge is 0.497 e. The highest BCUT2D eigenvalue weighted by Crippen LogP contribution is 2.25. The molecule has 0 fully saturated rings. The fourth-order valence-electron chi connectivity index (χ4n) is 1.63. The van der Waals surface area contributed by atoms with E-state index in [0.717, 1.165) is 22.4 Å². The summed E-state index contributed by atoms with van der Waals surface area (Å²) in [6.45, 7) is 1.86. The molecule has 2 heteroatoms. The highest BCUT2D eigenvalue weighted by atomic mass is 16.5. The van der Waals surface area contributed by atoms with E-state index >= 15 is 0 Å². The van der Waals surface area contributed by atoms with Crippen LogP contribution < -0.4 is 4.74 Å². The lowest BCUT2D eigenvalue weighted by molar-refractivity contribution is -0.114. The van der Waals surface area contributed by atoms with Crippen LogP contribution in [0.2, 0.25) is 0 Å². The number of ether oxygens (including phenoxy) is 1. The molecule has 0 aromatic heterocycles. The van der Waals surface area contributed by atoms with Gasteiger partial charge in [-0.2, -0.15) is 0 Å². The van der Waals surface area contributed by atoms with E-state index in [1.54, 1.807) is 7.11 Å². The molecule has 1 aromatic carbocycles. The van der Waals surface area contributed by atoms with Gasteiger partial charge < -0.3 is 4.74 Å². The number of fused-ring (bicyclic) bond motifs is 1. The monoisotopic (exact) mass is 188 g/mol. The van der Waals surface area contributed by atoms with Crippen LogP contribution >= 0.6 is 0 Å². The van der Waals surface area contributed by atoms with Crippen molar-refractivity contribution < 1.29 is 9.53 Å². The van der Waals surface area contributed by atoms with Crippen molar-refractivity contribution in [2.45, 2.75) is 13.3 Å². The summed E-state index contributed by atoms with van der Waals surface area (Å²) >= 11 is 0. The summed E-state index contributed by atoms with van der Waals surface area (Å²) in [5.74, 6) is 1.01. The minimum absolute atomic E-state index is 0.200. The van der Waals surface area contributed by atoms with Crippen LogP contribution in [0.1, 0.15) is 18.1 Å². The molecule has 0 saturated heterocycles. The number of benzene rings is 1. The Hall–Kier alpha value is -1.57. The maximum absolute atomic E-state index is 11.4. The molecule has 0 saturated carbocycles. The van der Waals surface area contributed by atoms with Gasteiger partial charge in [0.15, 0.2) is 5.78 Å². The fraction of sp³-hybridized carbons (Fsp3) is 0.250. The molecule has 0 spiro atoms. The number of rotatable bonds is 1. The Balaban J connectivity index is 2.49. The van der Waals surface area contributed by atoms with Gasteiger partial charge in [0.05, 0.1) is 7.11 Å². The first-order valence-electron chi connectivity index (χ1n) is 4.59. The van der Waals surface area contributed by atoms with Crippen molar-refractivity contribution in [3.8, 4) is 5.75 Å². The Morgan fingerprint density at radius 3 is 2.86 bits per heavy atom. The van der Waals surface area contributed by atoms with Crippen molar-refractivity contribution in [3.05, 3.63) is 34.9 Å². The van der Waals surface area contributed by atoms with Gasteiger partial charge in [-0.3, -0.25) is 4.79 Å². The third-order valence-electron chi connectivity index (χ3n) is 2.51. The lowest BCUT2D eigenvalue weighted by Crippen LogP contribution is -2.10. The topological polar surface area (TPSA) is 26.3 Å². The Bertz CT molecular complexity index is 416. The van der Waals surface area contributed by atoms with Crippen molar-refractivity contribution in [1.82, 2.24) is 0 Å². The second-order valence-electron chi connectivity index (χ2n) is 3.49. The van der Waals surface area contributed by atoms with Crippen molar-refractivity contribution in [2.24, 2.45) is 0 Å². The van der Waals surface area contributed by atoms with Crippen LogP contribution in [0.4, 0.5) is 0 Å². The number of ketones is 1. The van der Waals surface area contributed by atoms with Crippen LogP contribution in [0.25, 0.3) is 6.08 Å². The predicted molar refractivity (Wildman–Crippen MR) is 55.4 cm³/mol. The number of hydrogen-bond donors (Lipinski definition) is 0. The number of hydrogen-bond acceptors (Lipinski definition) is 2. The summed E-state index contributed by atoms with van der Waals surface area (Å²) in [6.07, 6.45) is 2.43. The van der Waals surface area contributed by atoms with E-state index < -0.39 is 0 Å². The third kappa shape index (κ3) is 1.43. The SMILES string of the molecule is COc1ccc2c(c1)CC(=O)C(C)=C2. The van der Waals surface area contributed by atoms with Crippen LogP contribution in [0, 0.1) is 0 Å². The molecule has 1 aliphatic rings. The van der Waals surface area contributed by atoms with Gasteiger partial charge >= 0.3 is 0 Å². The van der Waals surface area contributed by atoms with E-state index in [9.17, 15) is 4.79 Å². The summed E-state index contributed by atoms with van der Waals surface area (Å²) in [4.78, 5) is 11.4. The highest BCUT2D eigenvalue weighted by molar-refractivity contribution is 6.03. The van der Waals surface area contributed by atoms with E-state index in [0.29, 0.717) is 6.42 Å². The predicted octanol–water partition coefficient (Wildman–Crippen LogP) is 2.22. The van der Waals surface area contributed by atoms with Gasteiger partial charge in [0.2, 0.25) is 0 Å². The van der Waals surface area contributed by atoms with E-state index in [-0.39, 0.29) is 5.78 Å². The zero-order valence-corrected chi connectivity index (χ0v) is 8.33. The van der Waals surface area contributed by atoms with Crippen molar-refractivity contribution in [1.29, 1.82) is 0 Å². The number of carbonyl (C=O) groups excluding carboxylic acids is 1. The molecule has 14 heavy (non-hydrogen) atoms. The van der Waals surface area contributed by atoms with Crippen LogP contribution in [0.3, 0.4) is 0 Å². The summed E-state index contributed by atoms with van der Waals surface area (Å²) in [5, 5.41) is 0. The van der Waals surface area contributed by atoms with Gasteiger partial charge in [-0.05, 0) is 41.8 Å². The first kappa shape index (κ1) is 9.00. The van der Waals surface area contributed by atoms with E-state index in [2.05, 4.69) is 0 Å². The number of Topliss-reactive ketones (excluding diaryl/α,β-unsaturated/α-hetero) is 1. The zero-order chi connectivity index (χ0) is 10.1. The van der Waals surface area contributed by atoms with Crippen LogP contribution in [-0.2, 0) is 11.2 Å². The maximum Gasteiger partial charge on any atom is 0.162 e. The molecule has 0 atom stereocenters. The minimum Gasteiger partial charge on any atom is -0.497 e. The highest BCUT2D eigenvalue weighted by Gasteiger charge is 2.15. The molecule has 0 N–H and O–H groups in total. The van der Waals surface area contributed by atoms with Gasteiger partial charge in [-0.15, -0.1) is 0 Å². The molecule has 0 unspecified atom stereocenters. The first-order valence-corrected chi connectivity index (χ1v) is 4.59. The first-order chi connectivity index (χ1) is 6.70. The van der Waals surface area contributed by atoms with Gasteiger partial charge in [0.25, 0.3) is 0 Å². The maximum atomic E-state index is 11.4. The number of methoxy groups -OCH3 is 1. The Morgan fingerprint density at radius 1 is 1.36 bits per heavy atom. The summed E-state index contributed by atoms with van der Waals surface area (Å²) in [5.41, 5.74) is 3.02. The van der Waals surface area contributed by atoms with Crippen LogP contribution in [0.15, 0.2) is 23.8 Å². The molecule has 0 amide bonds. The van der Waals surface area contributed by atoms with E-state index in [1.807, 2.05) is 31.2 Å². The molecule has 0 bridgehead atoms. The molecule has 1 aliphatic carbocycles. The molecular formula is C12H12O2. The zero-order valence-electron chi connectivity index (χ0n) is 8.33. The minimum atomic E-state index is 0.200. The molecule has 0 aliphatic heterocycles. The van der Waals surface area contributed by atoms with Crippen molar-refractivity contribution in [2.75, 3.05) is 7.11 Å².